The zero-order chi connectivity index (χ0) is 11.4. The molecule has 1 aromatic rings. The molecule has 1 rings (SSSR count). The highest BCUT2D eigenvalue weighted by atomic mass is 16.5. The number of benzene rings is 1. The lowest BCUT2D eigenvalue weighted by Crippen LogP contribution is -2.32. The van der Waals surface area contributed by atoms with Gasteiger partial charge in [0.1, 0.15) is 5.75 Å². The molecule has 3 heteroatoms. The van der Waals surface area contributed by atoms with Gasteiger partial charge in [-0.15, -0.1) is 0 Å². The Bertz CT molecular complexity index is 330. The first-order valence-corrected chi connectivity index (χ1v) is 4.91. The average Bonchev–Trinajstić information content (AvgIpc) is 2.27. The minimum Gasteiger partial charge on any atom is -0.497 e. The average molecular weight is 207 g/mol. The van der Waals surface area contributed by atoms with Crippen molar-refractivity contribution in [2.45, 2.75) is 13.0 Å². The van der Waals surface area contributed by atoms with E-state index in [2.05, 4.69) is 0 Å². The number of carbonyl (C=O) groups excluding carboxylic acids is 1. The second-order valence-corrected chi connectivity index (χ2v) is 3.73. The van der Waals surface area contributed by atoms with Gasteiger partial charge in [0.15, 0.2) is 5.78 Å². The third-order valence-electron chi connectivity index (χ3n) is 2.53. The first-order valence-electron chi connectivity index (χ1n) is 4.91. The Hall–Kier alpha value is -1.35. The first kappa shape index (κ1) is 11.7. The molecule has 0 aliphatic carbocycles. The molecular weight excluding hydrogens is 190 g/mol. The lowest BCUT2D eigenvalue weighted by molar-refractivity contribution is 0.0890. The van der Waals surface area contributed by atoms with Crippen LogP contribution in [-0.2, 0) is 0 Å². The fourth-order valence-electron chi connectivity index (χ4n) is 1.23. The summed E-state index contributed by atoms with van der Waals surface area (Å²) in [6, 6.07) is 7.09. The summed E-state index contributed by atoms with van der Waals surface area (Å²) >= 11 is 0. The Labute approximate surface area is 90.7 Å². The molecule has 0 bridgehead atoms. The largest absolute Gasteiger partial charge is 0.497 e. The van der Waals surface area contributed by atoms with E-state index in [0.29, 0.717) is 0 Å². The minimum absolute atomic E-state index is 0.0987. The maximum atomic E-state index is 11.9. The zero-order valence-electron chi connectivity index (χ0n) is 9.65. The van der Waals surface area contributed by atoms with Gasteiger partial charge >= 0.3 is 0 Å². The number of hydrogen-bond donors (Lipinski definition) is 0. The summed E-state index contributed by atoms with van der Waals surface area (Å²) in [5.74, 6) is 0.895. The molecule has 0 amide bonds. The monoisotopic (exact) mass is 207 g/mol. The molecule has 3 nitrogen and oxygen atoms in total. The van der Waals surface area contributed by atoms with E-state index >= 15 is 0 Å². The van der Waals surface area contributed by atoms with Gasteiger partial charge in [0.05, 0.1) is 13.2 Å². The third-order valence-corrected chi connectivity index (χ3v) is 2.53. The Morgan fingerprint density at radius 2 is 1.80 bits per heavy atom. The van der Waals surface area contributed by atoms with Gasteiger partial charge in [0.2, 0.25) is 0 Å². The van der Waals surface area contributed by atoms with Crippen molar-refractivity contribution in [1.82, 2.24) is 4.90 Å². The van der Waals surface area contributed by atoms with Gasteiger partial charge in [-0.3, -0.25) is 9.69 Å². The van der Waals surface area contributed by atoms with Crippen LogP contribution >= 0.6 is 0 Å². The molecule has 0 saturated carbocycles. The number of rotatable bonds is 4. The smallest absolute Gasteiger partial charge is 0.179 e. The van der Waals surface area contributed by atoms with Crippen molar-refractivity contribution >= 4 is 5.78 Å². The van der Waals surface area contributed by atoms with Crippen LogP contribution in [0.4, 0.5) is 0 Å². The minimum atomic E-state index is -0.0987. The van der Waals surface area contributed by atoms with Crippen LogP contribution in [0.1, 0.15) is 17.3 Å². The maximum absolute atomic E-state index is 11.9. The van der Waals surface area contributed by atoms with Gasteiger partial charge in [0.25, 0.3) is 0 Å². The third kappa shape index (κ3) is 2.80. The van der Waals surface area contributed by atoms with Crippen LogP contribution in [0.2, 0.25) is 0 Å². The Morgan fingerprint density at radius 1 is 1.27 bits per heavy atom. The van der Waals surface area contributed by atoms with Crippen LogP contribution in [-0.4, -0.2) is 37.9 Å². The summed E-state index contributed by atoms with van der Waals surface area (Å²) in [6.07, 6.45) is 0. The summed E-state index contributed by atoms with van der Waals surface area (Å²) in [6.45, 7) is 1.90. The Balaban J connectivity index is 2.83. The molecule has 1 aromatic carbocycles. The molecule has 0 heterocycles. The number of hydrogen-bond acceptors (Lipinski definition) is 3. The number of ketones is 1. The maximum Gasteiger partial charge on any atom is 0.179 e. The van der Waals surface area contributed by atoms with Crippen molar-refractivity contribution in [2.75, 3.05) is 21.2 Å². The SMILES string of the molecule is COc1ccc(C(=O)[C@@H](C)N(C)C)cc1. The normalized spacial score (nSPS) is 12.6. The molecule has 82 valence electrons. The summed E-state index contributed by atoms with van der Waals surface area (Å²) in [4.78, 5) is 13.8. The van der Waals surface area contributed by atoms with Gasteiger partial charge in [-0.1, -0.05) is 0 Å². The van der Waals surface area contributed by atoms with Gasteiger partial charge in [-0.25, -0.2) is 0 Å². The highest BCUT2D eigenvalue weighted by Gasteiger charge is 2.16. The molecule has 0 radical (unpaired) electrons. The first-order chi connectivity index (χ1) is 7.06. The quantitative estimate of drug-likeness (QED) is 0.705. The summed E-state index contributed by atoms with van der Waals surface area (Å²) in [5.41, 5.74) is 0.719. The second-order valence-electron chi connectivity index (χ2n) is 3.73. The van der Waals surface area contributed by atoms with Crippen LogP contribution in [0.15, 0.2) is 24.3 Å². The zero-order valence-corrected chi connectivity index (χ0v) is 9.65. The molecule has 0 N–H and O–H groups in total. The number of carbonyl (C=O) groups is 1. The molecular formula is C12H17NO2. The number of Topliss-reactive ketones (excluding diaryl/α,β-unsaturated/α-hetero) is 1. The molecule has 0 aromatic heterocycles. The van der Waals surface area contributed by atoms with Gasteiger partial charge in [-0.2, -0.15) is 0 Å². The summed E-state index contributed by atoms with van der Waals surface area (Å²) < 4.78 is 5.04. The van der Waals surface area contributed by atoms with Crippen LogP contribution in [0.3, 0.4) is 0 Å². The highest BCUT2D eigenvalue weighted by Crippen LogP contribution is 2.13. The predicted octanol–water partition coefficient (Wildman–Crippen LogP) is 1.83. The molecule has 0 aliphatic heterocycles. The van der Waals surface area contributed by atoms with Crippen molar-refractivity contribution in [3.63, 3.8) is 0 Å². The number of methoxy groups -OCH3 is 1. The second kappa shape index (κ2) is 4.94. The Kier molecular flexibility index (Phi) is 3.86. The van der Waals surface area contributed by atoms with Crippen molar-refractivity contribution in [3.8, 4) is 5.75 Å². The molecule has 1 atom stereocenters. The van der Waals surface area contributed by atoms with Gasteiger partial charge in [0, 0.05) is 5.56 Å². The van der Waals surface area contributed by atoms with E-state index in [4.69, 9.17) is 4.74 Å². The molecule has 0 fully saturated rings. The van der Waals surface area contributed by atoms with E-state index in [1.165, 1.54) is 0 Å². The van der Waals surface area contributed by atoms with Crippen LogP contribution in [0.5, 0.6) is 5.75 Å². The molecule has 0 unspecified atom stereocenters. The lowest BCUT2D eigenvalue weighted by atomic mass is 10.0. The van der Waals surface area contributed by atoms with Crippen molar-refractivity contribution in [1.29, 1.82) is 0 Å². The van der Waals surface area contributed by atoms with Crippen LogP contribution < -0.4 is 4.74 Å². The van der Waals surface area contributed by atoms with E-state index in [-0.39, 0.29) is 11.8 Å². The predicted molar refractivity (Wildman–Crippen MR) is 60.5 cm³/mol. The topological polar surface area (TPSA) is 29.5 Å². The summed E-state index contributed by atoms with van der Waals surface area (Å²) in [7, 11) is 5.40. The number of likely N-dealkylation sites (N-methyl/N-ethyl adjacent to an activating group) is 1. The number of nitrogens with zero attached hydrogens (tertiary/aromatic N) is 1. The van der Waals surface area contributed by atoms with Gasteiger partial charge < -0.3 is 4.74 Å². The molecule has 0 aliphatic rings. The lowest BCUT2D eigenvalue weighted by Gasteiger charge is -2.18. The molecule has 0 spiro atoms. The van der Waals surface area contributed by atoms with E-state index in [1.54, 1.807) is 31.4 Å². The van der Waals surface area contributed by atoms with Gasteiger partial charge in [-0.05, 0) is 45.3 Å². The van der Waals surface area contributed by atoms with E-state index < -0.39 is 0 Å². The van der Waals surface area contributed by atoms with Crippen molar-refractivity contribution < 1.29 is 9.53 Å². The van der Waals surface area contributed by atoms with Crippen molar-refractivity contribution in [3.05, 3.63) is 29.8 Å². The fraction of sp³-hybridized carbons (Fsp3) is 0.417. The van der Waals surface area contributed by atoms with Crippen molar-refractivity contribution in [2.24, 2.45) is 0 Å². The fourth-order valence-corrected chi connectivity index (χ4v) is 1.23. The van der Waals surface area contributed by atoms with E-state index in [0.717, 1.165) is 11.3 Å². The molecule has 0 saturated heterocycles. The Morgan fingerprint density at radius 3 is 2.20 bits per heavy atom. The summed E-state index contributed by atoms with van der Waals surface area (Å²) in [5, 5.41) is 0. The number of ether oxygens (including phenoxy) is 1. The van der Waals surface area contributed by atoms with E-state index in [9.17, 15) is 4.79 Å². The highest BCUT2D eigenvalue weighted by molar-refractivity contribution is 5.99. The van der Waals surface area contributed by atoms with E-state index in [1.807, 2.05) is 25.9 Å². The standard InChI is InChI=1S/C12H17NO2/c1-9(13(2)3)12(14)10-5-7-11(15-4)8-6-10/h5-9H,1-4H3/t9-/m1/s1. The van der Waals surface area contributed by atoms with Crippen LogP contribution in [0, 0.1) is 0 Å². The van der Waals surface area contributed by atoms with Crippen LogP contribution in [0.25, 0.3) is 0 Å². The molecule has 15 heavy (non-hydrogen) atoms.